The molecule has 142 valence electrons. The van der Waals surface area contributed by atoms with Crippen LogP contribution in [0.1, 0.15) is 18.1 Å². The van der Waals surface area contributed by atoms with Gasteiger partial charge in [-0.25, -0.2) is 0 Å². The van der Waals surface area contributed by atoms with Crippen molar-refractivity contribution in [3.8, 4) is 11.5 Å². The Morgan fingerprint density at radius 3 is 2.37 bits per heavy atom. The monoisotopic (exact) mass is 386 g/mol. The van der Waals surface area contributed by atoms with E-state index in [-0.39, 0.29) is 17.0 Å². The Labute approximate surface area is 163 Å². The molecule has 6 nitrogen and oxygen atoms in total. The first-order valence-electron chi connectivity index (χ1n) is 8.33. The van der Waals surface area contributed by atoms with Gasteiger partial charge in [0.2, 0.25) is 5.91 Å². The molecule has 0 saturated carbocycles. The number of carbonyl (C=O) groups is 1. The average molecular weight is 386 g/mol. The number of hydroxylamine groups is 1. The third-order valence-corrected chi connectivity index (χ3v) is 3.99. The van der Waals surface area contributed by atoms with E-state index in [1.54, 1.807) is 37.5 Å². The lowest BCUT2D eigenvalue weighted by Gasteiger charge is -2.15. The molecule has 0 fully saturated rings. The summed E-state index contributed by atoms with van der Waals surface area (Å²) >= 11 is 4.93. The van der Waals surface area contributed by atoms with E-state index in [2.05, 4.69) is 5.32 Å². The van der Waals surface area contributed by atoms with E-state index in [1.807, 2.05) is 36.7 Å². The van der Waals surface area contributed by atoms with Gasteiger partial charge in [0, 0.05) is 11.6 Å². The molecule has 0 aliphatic heterocycles. The van der Waals surface area contributed by atoms with E-state index < -0.39 is 0 Å². The number of amides is 1. The van der Waals surface area contributed by atoms with Gasteiger partial charge in [-0.3, -0.25) is 15.5 Å². The van der Waals surface area contributed by atoms with Crippen molar-refractivity contribution in [3.63, 3.8) is 0 Å². The Hall–Kier alpha value is -2.90. The summed E-state index contributed by atoms with van der Waals surface area (Å²) in [4.78, 5) is 12.2. The molecule has 0 aliphatic rings. The van der Waals surface area contributed by atoms with Crippen molar-refractivity contribution in [2.75, 3.05) is 13.7 Å². The molecule has 1 amide bonds. The fourth-order valence-corrected chi connectivity index (χ4v) is 2.35. The van der Waals surface area contributed by atoms with Gasteiger partial charge in [-0.15, -0.1) is 0 Å². The normalized spacial score (nSPS) is 11.7. The third kappa shape index (κ3) is 6.73. The van der Waals surface area contributed by atoms with Gasteiger partial charge in [0.15, 0.2) is 0 Å². The van der Waals surface area contributed by atoms with Crippen molar-refractivity contribution < 1.29 is 19.5 Å². The van der Waals surface area contributed by atoms with Gasteiger partial charge in [-0.2, -0.15) is 0 Å². The van der Waals surface area contributed by atoms with Crippen molar-refractivity contribution in [3.05, 3.63) is 65.7 Å². The largest absolute Gasteiger partial charge is 0.497 e. The van der Waals surface area contributed by atoms with Crippen LogP contribution < -0.4 is 20.3 Å². The number of carbonyl (C=O) groups excluding carboxylic acids is 1. The van der Waals surface area contributed by atoms with Crippen LogP contribution in [0.2, 0.25) is 0 Å². The molecule has 27 heavy (non-hydrogen) atoms. The minimum atomic E-state index is -0.211. The number of hydrogen-bond donors (Lipinski definition) is 3. The summed E-state index contributed by atoms with van der Waals surface area (Å²) in [6.45, 7) is 2.23. The van der Waals surface area contributed by atoms with Crippen LogP contribution in [0.15, 0.2) is 54.6 Å². The van der Waals surface area contributed by atoms with Gasteiger partial charge < -0.3 is 14.8 Å². The Balaban J connectivity index is 1.78. The van der Waals surface area contributed by atoms with Crippen LogP contribution in [-0.2, 0) is 4.79 Å². The van der Waals surface area contributed by atoms with E-state index in [4.69, 9.17) is 26.9 Å². The minimum Gasteiger partial charge on any atom is -0.497 e. The van der Waals surface area contributed by atoms with Crippen LogP contribution in [0.4, 0.5) is 0 Å². The second-order valence-electron chi connectivity index (χ2n) is 5.75. The number of rotatable bonds is 8. The number of nitrogens with one attached hydrogen (secondary N) is 2. The smallest absolute Gasteiger partial charge is 0.244 e. The molecular formula is C20H22N2O4S. The van der Waals surface area contributed by atoms with Gasteiger partial charge in [-0.1, -0.05) is 24.4 Å². The number of methoxy groups -OCH3 is 1. The lowest BCUT2D eigenvalue weighted by atomic mass is 10.2. The summed E-state index contributed by atoms with van der Waals surface area (Å²) in [5.41, 5.74) is 3.53. The van der Waals surface area contributed by atoms with Crippen molar-refractivity contribution in [2.45, 2.75) is 13.0 Å². The molecule has 0 saturated heterocycles. The summed E-state index contributed by atoms with van der Waals surface area (Å²) in [6, 6.07) is 14.4. The molecule has 1 atom stereocenters. The first kappa shape index (κ1) is 20.4. The predicted octanol–water partition coefficient (Wildman–Crippen LogP) is 2.95. The van der Waals surface area contributed by atoms with Gasteiger partial charge in [0.1, 0.15) is 22.6 Å². The van der Waals surface area contributed by atoms with Gasteiger partial charge in [0.25, 0.3) is 0 Å². The Morgan fingerprint density at radius 2 is 1.78 bits per heavy atom. The van der Waals surface area contributed by atoms with Crippen molar-refractivity contribution in [1.29, 1.82) is 0 Å². The average Bonchev–Trinajstić information content (AvgIpc) is 2.71. The standard InChI is InChI=1S/C20H22N2O4S/c1-14(26-18-10-6-16(7-11-18)20(27)22-24)13-21-19(23)12-5-15-3-8-17(25-2)9-4-15/h3-12,14,24H,13H2,1-2H3,(H,21,23)(H,22,27)/b12-5+/t14-/m1/s1. The summed E-state index contributed by atoms with van der Waals surface area (Å²) < 4.78 is 10.8. The van der Waals surface area contributed by atoms with Gasteiger partial charge >= 0.3 is 0 Å². The maximum Gasteiger partial charge on any atom is 0.244 e. The van der Waals surface area contributed by atoms with E-state index in [1.165, 1.54) is 6.08 Å². The molecule has 7 heteroatoms. The first-order chi connectivity index (χ1) is 13.0. The molecule has 0 bridgehead atoms. The highest BCUT2D eigenvalue weighted by Gasteiger charge is 2.06. The van der Waals surface area contributed by atoms with Crippen LogP contribution in [-0.4, -0.2) is 35.9 Å². The Bertz CT molecular complexity index is 789. The van der Waals surface area contributed by atoms with Crippen LogP contribution >= 0.6 is 12.2 Å². The third-order valence-electron chi connectivity index (χ3n) is 3.66. The second-order valence-corrected chi connectivity index (χ2v) is 6.15. The molecule has 0 radical (unpaired) electrons. The molecule has 3 N–H and O–H groups in total. The highest BCUT2D eigenvalue weighted by Crippen LogP contribution is 2.14. The van der Waals surface area contributed by atoms with Crippen molar-refractivity contribution in [1.82, 2.24) is 10.8 Å². The number of benzene rings is 2. The highest BCUT2D eigenvalue weighted by molar-refractivity contribution is 7.80. The molecule has 0 unspecified atom stereocenters. The van der Waals surface area contributed by atoms with Crippen molar-refractivity contribution >= 4 is 29.2 Å². The zero-order chi connectivity index (χ0) is 19.6. The molecule has 2 rings (SSSR count). The number of hydrogen-bond acceptors (Lipinski definition) is 5. The number of ether oxygens (including phenoxy) is 2. The molecule has 0 aromatic heterocycles. The van der Waals surface area contributed by atoms with E-state index in [0.717, 1.165) is 11.3 Å². The molecule has 2 aromatic carbocycles. The van der Waals surface area contributed by atoms with Crippen LogP contribution in [0.5, 0.6) is 11.5 Å². The Kier molecular flexibility index (Phi) is 7.79. The van der Waals surface area contributed by atoms with E-state index in [0.29, 0.717) is 17.9 Å². The summed E-state index contributed by atoms with van der Waals surface area (Å²) in [5, 5.41) is 11.6. The zero-order valence-electron chi connectivity index (χ0n) is 15.1. The minimum absolute atomic E-state index is 0.198. The van der Waals surface area contributed by atoms with Gasteiger partial charge in [0.05, 0.1) is 13.7 Å². The molecule has 2 aromatic rings. The predicted molar refractivity (Wildman–Crippen MR) is 108 cm³/mol. The fraction of sp³-hybridized carbons (Fsp3) is 0.200. The maximum atomic E-state index is 11.9. The van der Waals surface area contributed by atoms with Crippen molar-refractivity contribution in [2.24, 2.45) is 0 Å². The summed E-state index contributed by atoms with van der Waals surface area (Å²) in [7, 11) is 1.61. The summed E-state index contributed by atoms with van der Waals surface area (Å²) in [6.07, 6.45) is 3.00. The lowest BCUT2D eigenvalue weighted by molar-refractivity contribution is -0.116. The van der Waals surface area contributed by atoms with E-state index in [9.17, 15) is 4.79 Å². The van der Waals surface area contributed by atoms with Crippen LogP contribution in [0, 0.1) is 0 Å². The fourth-order valence-electron chi connectivity index (χ4n) is 2.21. The SMILES string of the molecule is COc1ccc(/C=C/C(=O)NC[C@@H](C)Oc2ccc(C(=S)NO)cc2)cc1. The molecule has 0 aliphatic carbocycles. The first-order valence-corrected chi connectivity index (χ1v) is 8.73. The highest BCUT2D eigenvalue weighted by atomic mass is 32.1. The Morgan fingerprint density at radius 1 is 1.15 bits per heavy atom. The molecule has 0 spiro atoms. The number of thiocarbonyl (C=S) groups is 1. The maximum absolute atomic E-state index is 11.9. The zero-order valence-corrected chi connectivity index (χ0v) is 16.0. The molecule has 0 heterocycles. The topological polar surface area (TPSA) is 79.8 Å². The van der Waals surface area contributed by atoms with Crippen LogP contribution in [0.3, 0.4) is 0 Å². The van der Waals surface area contributed by atoms with Gasteiger partial charge in [-0.05, 0) is 55.0 Å². The van der Waals surface area contributed by atoms with E-state index >= 15 is 0 Å². The lowest BCUT2D eigenvalue weighted by Crippen LogP contribution is -2.32. The summed E-state index contributed by atoms with van der Waals surface area (Å²) in [5.74, 6) is 1.22. The quantitative estimate of drug-likeness (QED) is 0.368. The second kappa shape index (κ2) is 10.3. The van der Waals surface area contributed by atoms with Crippen LogP contribution in [0.25, 0.3) is 6.08 Å². The molecular weight excluding hydrogens is 364 g/mol.